The van der Waals surface area contributed by atoms with Crippen LogP contribution in [0.4, 0.5) is 0 Å². The maximum atomic E-state index is 12.8. The summed E-state index contributed by atoms with van der Waals surface area (Å²) in [5.41, 5.74) is 0.983. The van der Waals surface area contributed by atoms with Gasteiger partial charge in [-0.25, -0.2) is 0 Å². The van der Waals surface area contributed by atoms with Crippen LogP contribution >= 0.6 is 0 Å². The van der Waals surface area contributed by atoms with Crippen molar-refractivity contribution >= 4 is 11.8 Å². The van der Waals surface area contributed by atoms with Gasteiger partial charge in [-0.2, -0.15) is 0 Å². The number of hydrogen-bond donors (Lipinski definition) is 1. The van der Waals surface area contributed by atoms with Gasteiger partial charge in [0.1, 0.15) is 0 Å². The highest BCUT2D eigenvalue weighted by Crippen LogP contribution is 2.25. The first-order chi connectivity index (χ1) is 13.1. The molecule has 1 saturated carbocycles. The number of piperazine rings is 1. The molecule has 5 nitrogen and oxygen atoms in total. The summed E-state index contributed by atoms with van der Waals surface area (Å²) >= 11 is 0. The molecule has 1 aromatic carbocycles. The lowest BCUT2D eigenvalue weighted by Crippen LogP contribution is -2.50. The monoisotopic (exact) mass is 371 g/mol. The standard InChI is InChI=1S/C22H33N3O2/c1-18(26)23-21(20-10-6-3-7-11-20)16-22(27)25-14-12-24(13-15-25)17-19-8-4-2-5-9-19/h3,6-7,10-11,19,21H,2,4-5,8-9,12-17H2,1H3,(H,23,26). The molecule has 27 heavy (non-hydrogen) atoms. The second-order valence-corrected chi connectivity index (χ2v) is 8.05. The van der Waals surface area contributed by atoms with Gasteiger partial charge in [0.25, 0.3) is 0 Å². The molecule has 1 N–H and O–H groups in total. The Bertz CT molecular complexity index is 605. The minimum Gasteiger partial charge on any atom is -0.349 e. The Kier molecular flexibility index (Phi) is 7.27. The fourth-order valence-electron chi connectivity index (χ4n) is 4.40. The quantitative estimate of drug-likeness (QED) is 0.836. The van der Waals surface area contributed by atoms with Gasteiger partial charge >= 0.3 is 0 Å². The van der Waals surface area contributed by atoms with E-state index in [-0.39, 0.29) is 17.9 Å². The highest BCUT2D eigenvalue weighted by Gasteiger charge is 2.26. The van der Waals surface area contributed by atoms with Gasteiger partial charge in [-0.15, -0.1) is 0 Å². The summed E-state index contributed by atoms with van der Waals surface area (Å²) in [6.07, 6.45) is 7.23. The van der Waals surface area contributed by atoms with Crippen molar-refractivity contribution < 1.29 is 9.59 Å². The lowest BCUT2D eigenvalue weighted by Gasteiger charge is -2.37. The van der Waals surface area contributed by atoms with Crippen LogP contribution in [-0.2, 0) is 9.59 Å². The number of carbonyl (C=O) groups excluding carboxylic acids is 2. The van der Waals surface area contributed by atoms with Crippen molar-refractivity contribution in [2.45, 2.75) is 51.5 Å². The molecule has 0 radical (unpaired) electrons. The van der Waals surface area contributed by atoms with E-state index in [0.29, 0.717) is 6.42 Å². The molecule has 1 heterocycles. The zero-order valence-corrected chi connectivity index (χ0v) is 16.5. The number of carbonyl (C=O) groups is 2. The second kappa shape index (κ2) is 9.88. The van der Waals surface area contributed by atoms with Crippen LogP contribution in [-0.4, -0.2) is 54.3 Å². The molecule has 2 fully saturated rings. The van der Waals surface area contributed by atoms with Crippen molar-refractivity contribution in [3.63, 3.8) is 0 Å². The van der Waals surface area contributed by atoms with Gasteiger partial charge in [-0.05, 0) is 24.3 Å². The van der Waals surface area contributed by atoms with E-state index in [1.54, 1.807) is 0 Å². The molecule has 0 bridgehead atoms. The highest BCUT2D eigenvalue weighted by molar-refractivity contribution is 5.79. The smallest absolute Gasteiger partial charge is 0.225 e. The summed E-state index contributed by atoms with van der Waals surface area (Å²) in [7, 11) is 0. The summed E-state index contributed by atoms with van der Waals surface area (Å²) in [4.78, 5) is 28.9. The number of rotatable bonds is 6. The van der Waals surface area contributed by atoms with Gasteiger partial charge in [0.2, 0.25) is 11.8 Å². The average Bonchev–Trinajstić information content (AvgIpc) is 2.69. The number of nitrogens with zero attached hydrogens (tertiary/aromatic N) is 2. The van der Waals surface area contributed by atoms with Gasteiger partial charge in [0, 0.05) is 39.6 Å². The number of nitrogens with one attached hydrogen (secondary N) is 1. The van der Waals surface area contributed by atoms with E-state index in [9.17, 15) is 9.59 Å². The second-order valence-electron chi connectivity index (χ2n) is 8.05. The molecule has 148 valence electrons. The van der Waals surface area contributed by atoms with Crippen LogP contribution in [0.3, 0.4) is 0 Å². The molecule has 0 aromatic heterocycles. The Balaban J connectivity index is 1.49. The summed E-state index contributed by atoms with van der Waals surface area (Å²) < 4.78 is 0. The Morgan fingerprint density at radius 2 is 1.70 bits per heavy atom. The Morgan fingerprint density at radius 3 is 2.33 bits per heavy atom. The fourth-order valence-corrected chi connectivity index (χ4v) is 4.40. The van der Waals surface area contributed by atoms with Crippen LogP contribution in [0.2, 0.25) is 0 Å². The lowest BCUT2D eigenvalue weighted by molar-refractivity contribution is -0.133. The zero-order valence-electron chi connectivity index (χ0n) is 16.5. The third-order valence-corrected chi connectivity index (χ3v) is 5.92. The van der Waals surface area contributed by atoms with E-state index >= 15 is 0 Å². The predicted octanol–water partition coefficient (Wildman–Crippen LogP) is 2.98. The van der Waals surface area contributed by atoms with Crippen LogP contribution < -0.4 is 5.32 Å². The molecule has 1 unspecified atom stereocenters. The first-order valence-electron chi connectivity index (χ1n) is 10.4. The summed E-state index contributed by atoms with van der Waals surface area (Å²) in [5.74, 6) is 0.882. The van der Waals surface area contributed by atoms with Crippen molar-refractivity contribution in [1.29, 1.82) is 0 Å². The maximum Gasteiger partial charge on any atom is 0.225 e. The van der Waals surface area contributed by atoms with Crippen LogP contribution in [0.5, 0.6) is 0 Å². The third-order valence-electron chi connectivity index (χ3n) is 5.92. The zero-order chi connectivity index (χ0) is 19.1. The summed E-state index contributed by atoms with van der Waals surface area (Å²) in [5, 5.41) is 2.93. The first kappa shape index (κ1) is 19.9. The summed E-state index contributed by atoms with van der Waals surface area (Å²) in [6.45, 7) is 6.24. The van der Waals surface area contributed by atoms with Crippen molar-refractivity contribution in [1.82, 2.24) is 15.1 Å². The molecule has 1 atom stereocenters. The van der Waals surface area contributed by atoms with Crippen LogP contribution in [0.1, 0.15) is 57.1 Å². The molecule has 1 aromatic rings. The third kappa shape index (κ3) is 6.06. The van der Waals surface area contributed by atoms with Crippen molar-refractivity contribution in [2.75, 3.05) is 32.7 Å². The maximum absolute atomic E-state index is 12.8. The minimum absolute atomic E-state index is 0.103. The molecule has 2 aliphatic rings. The normalized spacial score (nSPS) is 20.3. The van der Waals surface area contributed by atoms with Crippen LogP contribution in [0, 0.1) is 5.92 Å². The molecular formula is C22H33N3O2. The molecule has 1 aliphatic carbocycles. The topological polar surface area (TPSA) is 52.7 Å². The Hall–Kier alpha value is -1.88. The van der Waals surface area contributed by atoms with Gasteiger partial charge < -0.3 is 10.2 Å². The van der Waals surface area contributed by atoms with Crippen molar-refractivity contribution in [3.05, 3.63) is 35.9 Å². The molecule has 5 heteroatoms. The number of amides is 2. The van der Waals surface area contributed by atoms with Crippen molar-refractivity contribution in [2.24, 2.45) is 5.92 Å². The van der Waals surface area contributed by atoms with E-state index in [4.69, 9.17) is 0 Å². The van der Waals surface area contributed by atoms with E-state index < -0.39 is 0 Å². The van der Waals surface area contributed by atoms with Gasteiger partial charge in [0.05, 0.1) is 12.5 Å². The minimum atomic E-state index is -0.253. The van der Waals surface area contributed by atoms with Gasteiger partial charge in [0.15, 0.2) is 0 Å². The Morgan fingerprint density at radius 1 is 1.04 bits per heavy atom. The average molecular weight is 372 g/mol. The van der Waals surface area contributed by atoms with E-state index in [1.807, 2.05) is 35.2 Å². The first-order valence-corrected chi connectivity index (χ1v) is 10.4. The lowest BCUT2D eigenvalue weighted by atomic mass is 9.89. The number of benzene rings is 1. The molecule has 1 aliphatic heterocycles. The van der Waals surface area contributed by atoms with E-state index in [1.165, 1.54) is 45.6 Å². The predicted molar refractivity (Wildman–Crippen MR) is 107 cm³/mol. The van der Waals surface area contributed by atoms with E-state index in [2.05, 4.69) is 10.2 Å². The SMILES string of the molecule is CC(=O)NC(CC(=O)N1CCN(CC2CCCCC2)CC1)c1ccccc1. The largest absolute Gasteiger partial charge is 0.349 e. The van der Waals surface area contributed by atoms with Crippen molar-refractivity contribution in [3.8, 4) is 0 Å². The molecule has 3 rings (SSSR count). The van der Waals surface area contributed by atoms with Gasteiger partial charge in [-0.1, -0.05) is 49.6 Å². The van der Waals surface area contributed by atoms with Gasteiger partial charge in [-0.3, -0.25) is 14.5 Å². The van der Waals surface area contributed by atoms with E-state index in [0.717, 1.165) is 37.7 Å². The Labute approximate surface area is 163 Å². The molecule has 2 amide bonds. The highest BCUT2D eigenvalue weighted by atomic mass is 16.2. The van der Waals surface area contributed by atoms with Crippen LogP contribution in [0.15, 0.2) is 30.3 Å². The fraction of sp³-hybridized carbons (Fsp3) is 0.636. The number of hydrogen-bond acceptors (Lipinski definition) is 3. The summed E-state index contributed by atoms with van der Waals surface area (Å²) in [6, 6.07) is 9.52. The molecule has 1 saturated heterocycles. The van der Waals surface area contributed by atoms with Crippen LogP contribution in [0.25, 0.3) is 0 Å². The molecule has 0 spiro atoms. The molecular weight excluding hydrogens is 338 g/mol.